The first-order valence-corrected chi connectivity index (χ1v) is 6.84. The van der Waals surface area contributed by atoms with Crippen molar-refractivity contribution in [3.8, 4) is 11.3 Å². The summed E-state index contributed by atoms with van der Waals surface area (Å²) in [6, 6.07) is 8.53. The summed E-state index contributed by atoms with van der Waals surface area (Å²) in [6.45, 7) is 9.29. The smallest absolute Gasteiger partial charge is 0.151 e. The minimum absolute atomic E-state index is 0.861. The van der Waals surface area contributed by atoms with Crippen molar-refractivity contribution < 1.29 is 0 Å². The van der Waals surface area contributed by atoms with Crippen LogP contribution < -0.4 is 5.32 Å². The van der Waals surface area contributed by atoms with Crippen LogP contribution in [0.5, 0.6) is 0 Å². The van der Waals surface area contributed by atoms with Crippen LogP contribution in [0, 0.1) is 13.8 Å². The third-order valence-electron chi connectivity index (χ3n) is 3.48. The Bertz CT molecular complexity index is 576. The molecule has 0 amide bonds. The van der Waals surface area contributed by atoms with Crippen LogP contribution in [0.4, 0.5) is 5.82 Å². The van der Waals surface area contributed by atoms with Crippen molar-refractivity contribution in [3.63, 3.8) is 0 Å². The predicted molar refractivity (Wildman–Crippen MR) is 80.5 cm³/mol. The fraction of sp³-hybridized carbons (Fsp3) is 0.375. The molecule has 0 spiro atoms. The molecule has 2 aromatic rings. The van der Waals surface area contributed by atoms with E-state index < -0.39 is 0 Å². The molecule has 0 unspecified atom stereocenters. The average Bonchev–Trinajstić information content (AvgIpc) is 2.44. The summed E-state index contributed by atoms with van der Waals surface area (Å²) in [7, 11) is 0. The molecule has 0 aliphatic rings. The summed E-state index contributed by atoms with van der Waals surface area (Å²) in [4.78, 5) is 0. The van der Waals surface area contributed by atoms with Gasteiger partial charge in [0.05, 0.1) is 5.69 Å². The molecule has 1 aromatic heterocycles. The largest absolute Gasteiger partial charge is 0.369 e. The van der Waals surface area contributed by atoms with E-state index in [1.165, 1.54) is 16.7 Å². The van der Waals surface area contributed by atoms with Gasteiger partial charge in [0.25, 0.3) is 0 Å². The zero-order valence-electron chi connectivity index (χ0n) is 12.1. The number of hydrogen-bond donors (Lipinski definition) is 1. The zero-order valence-corrected chi connectivity index (χ0v) is 12.1. The average molecular weight is 255 g/mol. The lowest BCUT2D eigenvalue weighted by Crippen LogP contribution is -2.06. The van der Waals surface area contributed by atoms with Crippen molar-refractivity contribution in [1.29, 1.82) is 0 Å². The van der Waals surface area contributed by atoms with Crippen LogP contribution in [-0.2, 0) is 6.42 Å². The van der Waals surface area contributed by atoms with E-state index in [0.717, 1.165) is 30.0 Å². The van der Waals surface area contributed by atoms with Gasteiger partial charge in [-0.3, -0.25) is 0 Å². The second kappa shape index (κ2) is 5.83. The fourth-order valence-electron chi connectivity index (χ4n) is 2.15. The van der Waals surface area contributed by atoms with Gasteiger partial charge in [0.15, 0.2) is 5.82 Å². The van der Waals surface area contributed by atoms with Crippen molar-refractivity contribution >= 4 is 5.82 Å². The summed E-state index contributed by atoms with van der Waals surface area (Å²) < 4.78 is 0. The highest BCUT2D eigenvalue weighted by Crippen LogP contribution is 2.26. The van der Waals surface area contributed by atoms with Gasteiger partial charge in [0, 0.05) is 12.1 Å². The number of rotatable bonds is 4. The number of nitrogens with zero attached hydrogens (tertiary/aromatic N) is 2. The molecular formula is C16H21N3. The topological polar surface area (TPSA) is 37.8 Å². The van der Waals surface area contributed by atoms with E-state index in [1.807, 2.05) is 0 Å². The Morgan fingerprint density at radius 1 is 1.05 bits per heavy atom. The quantitative estimate of drug-likeness (QED) is 0.904. The highest BCUT2D eigenvalue weighted by molar-refractivity contribution is 5.67. The van der Waals surface area contributed by atoms with Crippen molar-refractivity contribution in [2.45, 2.75) is 34.1 Å². The van der Waals surface area contributed by atoms with Crippen molar-refractivity contribution in [2.75, 3.05) is 11.9 Å². The standard InChI is InChI=1S/C16H21N3/c1-5-13-8-7-9-14(10-13)15-11(3)12(4)16(17-6-2)19-18-15/h7-10H,5-6H2,1-4H3,(H,17,19). The Morgan fingerprint density at radius 3 is 2.53 bits per heavy atom. The number of aromatic nitrogens is 2. The molecule has 1 aromatic carbocycles. The molecular weight excluding hydrogens is 234 g/mol. The van der Waals surface area contributed by atoms with Gasteiger partial charge in [0.2, 0.25) is 0 Å². The molecule has 0 aliphatic carbocycles. The number of hydrogen-bond acceptors (Lipinski definition) is 3. The molecule has 3 nitrogen and oxygen atoms in total. The SMILES string of the molecule is CCNc1nnc(-c2cccc(CC)c2)c(C)c1C. The van der Waals surface area contributed by atoms with Gasteiger partial charge >= 0.3 is 0 Å². The molecule has 0 bridgehead atoms. The summed E-state index contributed by atoms with van der Waals surface area (Å²) in [5.41, 5.74) is 5.82. The molecule has 1 heterocycles. The molecule has 1 N–H and O–H groups in total. The van der Waals surface area contributed by atoms with Crippen molar-refractivity contribution in [2.24, 2.45) is 0 Å². The molecule has 19 heavy (non-hydrogen) atoms. The fourth-order valence-corrected chi connectivity index (χ4v) is 2.15. The maximum atomic E-state index is 4.39. The number of benzene rings is 1. The van der Waals surface area contributed by atoms with Gasteiger partial charge in [-0.05, 0) is 49.9 Å². The number of nitrogens with one attached hydrogen (secondary N) is 1. The van der Waals surface area contributed by atoms with Crippen LogP contribution in [0.25, 0.3) is 11.3 Å². The molecule has 0 fully saturated rings. The molecule has 2 rings (SSSR count). The molecule has 0 atom stereocenters. The van der Waals surface area contributed by atoms with Crippen LogP contribution >= 0.6 is 0 Å². The van der Waals surface area contributed by atoms with Gasteiger partial charge in [-0.15, -0.1) is 10.2 Å². The Hall–Kier alpha value is -1.90. The molecule has 3 heteroatoms. The lowest BCUT2D eigenvalue weighted by molar-refractivity contribution is 0.986. The minimum Gasteiger partial charge on any atom is -0.369 e. The lowest BCUT2D eigenvalue weighted by Gasteiger charge is -2.12. The van der Waals surface area contributed by atoms with Crippen LogP contribution in [0.2, 0.25) is 0 Å². The minimum atomic E-state index is 0.861. The van der Waals surface area contributed by atoms with Crippen LogP contribution in [0.15, 0.2) is 24.3 Å². The van der Waals surface area contributed by atoms with Crippen LogP contribution in [0.3, 0.4) is 0 Å². The summed E-state index contributed by atoms with van der Waals surface area (Å²) in [5.74, 6) is 0.885. The van der Waals surface area contributed by atoms with E-state index in [1.54, 1.807) is 0 Å². The van der Waals surface area contributed by atoms with Gasteiger partial charge in [-0.1, -0.05) is 25.1 Å². The van der Waals surface area contributed by atoms with E-state index in [4.69, 9.17) is 0 Å². The maximum absolute atomic E-state index is 4.39. The zero-order chi connectivity index (χ0) is 13.8. The first kappa shape index (κ1) is 13.5. The van der Waals surface area contributed by atoms with E-state index >= 15 is 0 Å². The number of aryl methyl sites for hydroxylation is 1. The van der Waals surface area contributed by atoms with Gasteiger partial charge in [-0.25, -0.2) is 0 Å². The summed E-state index contributed by atoms with van der Waals surface area (Å²) >= 11 is 0. The monoisotopic (exact) mass is 255 g/mol. The predicted octanol–water partition coefficient (Wildman–Crippen LogP) is 3.75. The Balaban J connectivity index is 2.48. The normalized spacial score (nSPS) is 10.5. The first-order chi connectivity index (χ1) is 9.17. The molecule has 0 saturated heterocycles. The molecule has 0 saturated carbocycles. The van der Waals surface area contributed by atoms with Crippen molar-refractivity contribution in [1.82, 2.24) is 10.2 Å². The van der Waals surface area contributed by atoms with E-state index in [9.17, 15) is 0 Å². The third-order valence-corrected chi connectivity index (χ3v) is 3.48. The summed E-state index contributed by atoms with van der Waals surface area (Å²) in [6.07, 6.45) is 1.04. The van der Waals surface area contributed by atoms with E-state index in [2.05, 4.69) is 67.5 Å². The molecule has 100 valence electrons. The highest BCUT2D eigenvalue weighted by atomic mass is 15.2. The van der Waals surface area contributed by atoms with Crippen molar-refractivity contribution in [3.05, 3.63) is 41.0 Å². The van der Waals surface area contributed by atoms with E-state index in [0.29, 0.717) is 0 Å². The summed E-state index contributed by atoms with van der Waals surface area (Å²) in [5, 5.41) is 11.9. The van der Waals surface area contributed by atoms with Crippen LogP contribution in [0.1, 0.15) is 30.5 Å². The van der Waals surface area contributed by atoms with Gasteiger partial charge in [0.1, 0.15) is 0 Å². The Labute approximate surface area is 115 Å². The molecule has 0 aliphatic heterocycles. The van der Waals surface area contributed by atoms with Gasteiger partial charge in [-0.2, -0.15) is 0 Å². The Kier molecular flexibility index (Phi) is 4.15. The second-order valence-electron chi connectivity index (χ2n) is 4.73. The number of anilines is 1. The Morgan fingerprint density at radius 2 is 1.84 bits per heavy atom. The maximum Gasteiger partial charge on any atom is 0.151 e. The van der Waals surface area contributed by atoms with E-state index in [-0.39, 0.29) is 0 Å². The molecule has 0 radical (unpaired) electrons. The third kappa shape index (κ3) is 2.75. The van der Waals surface area contributed by atoms with Gasteiger partial charge < -0.3 is 5.32 Å². The highest BCUT2D eigenvalue weighted by Gasteiger charge is 2.11. The van der Waals surface area contributed by atoms with Crippen LogP contribution in [-0.4, -0.2) is 16.7 Å². The first-order valence-electron chi connectivity index (χ1n) is 6.84. The second-order valence-corrected chi connectivity index (χ2v) is 4.73. The lowest BCUT2D eigenvalue weighted by atomic mass is 10.0.